The van der Waals surface area contributed by atoms with Crippen LogP contribution in [0.3, 0.4) is 0 Å². The molecule has 0 saturated carbocycles. The van der Waals surface area contributed by atoms with Gasteiger partial charge in [-0.25, -0.2) is 0 Å². The van der Waals surface area contributed by atoms with Gasteiger partial charge in [-0.1, -0.05) is 11.6 Å². The summed E-state index contributed by atoms with van der Waals surface area (Å²) in [4.78, 5) is 2.03. The van der Waals surface area contributed by atoms with Gasteiger partial charge in [0.15, 0.2) is 0 Å². The molecule has 2 unspecified atom stereocenters. The molecule has 0 spiro atoms. The largest absolute Gasteiger partial charge is 0.496 e. The summed E-state index contributed by atoms with van der Waals surface area (Å²) in [5.41, 5.74) is 6.63. The van der Waals surface area contributed by atoms with Gasteiger partial charge in [0.2, 0.25) is 0 Å². The smallest absolute Gasteiger partial charge is 0.124 e. The Morgan fingerprint density at radius 1 is 1.44 bits per heavy atom. The number of rotatable bonds is 6. The van der Waals surface area contributed by atoms with Crippen LogP contribution >= 0.6 is 11.6 Å². The van der Waals surface area contributed by atoms with Crippen molar-refractivity contribution in [3.8, 4) is 5.75 Å². The summed E-state index contributed by atoms with van der Waals surface area (Å²) < 4.78 is 5.21. The molecule has 1 rings (SSSR count). The molecule has 4 nitrogen and oxygen atoms in total. The molecule has 5 heteroatoms. The Bertz CT molecular complexity index is 385. The van der Waals surface area contributed by atoms with Crippen molar-refractivity contribution in [2.24, 2.45) is 5.73 Å². The second-order valence-electron chi connectivity index (χ2n) is 4.59. The highest BCUT2D eigenvalue weighted by molar-refractivity contribution is 6.30. The normalized spacial score (nSPS) is 14.6. The molecule has 0 radical (unpaired) electrons. The van der Waals surface area contributed by atoms with Crippen LogP contribution < -0.4 is 10.5 Å². The molecule has 0 amide bonds. The van der Waals surface area contributed by atoms with E-state index >= 15 is 0 Å². The van der Waals surface area contributed by atoms with Crippen LogP contribution in [0, 0.1) is 0 Å². The van der Waals surface area contributed by atoms with Crippen molar-refractivity contribution >= 4 is 11.6 Å². The van der Waals surface area contributed by atoms with Crippen LogP contribution in [0.2, 0.25) is 5.02 Å². The van der Waals surface area contributed by atoms with Crippen LogP contribution in [-0.2, 0) is 0 Å². The van der Waals surface area contributed by atoms with Gasteiger partial charge >= 0.3 is 0 Å². The minimum Gasteiger partial charge on any atom is -0.496 e. The zero-order chi connectivity index (χ0) is 13.7. The molecule has 18 heavy (non-hydrogen) atoms. The zero-order valence-electron chi connectivity index (χ0n) is 11.1. The van der Waals surface area contributed by atoms with Crippen molar-refractivity contribution in [1.29, 1.82) is 0 Å². The number of benzene rings is 1. The highest BCUT2D eigenvalue weighted by atomic mass is 35.5. The van der Waals surface area contributed by atoms with Crippen molar-refractivity contribution in [2.45, 2.75) is 18.6 Å². The van der Waals surface area contributed by atoms with E-state index in [1.54, 1.807) is 25.3 Å². The standard InChI is InChI=1S/C13H21ClN2O2/c1-16(2)7-6-11(15)13(17)10-8-9(14)4-5-12(10)18-3/h4-5,8,11,13,17H,6-7,15H2,1-3H3. The van der Waals surface area contributed by atoms with E-state index in [1.165, 1.54) is 0 Å². The average molecular weight is 273 g/mol. The molecule has 1 aromatic carbocycles. The maximum Gasteiger partial charge on any atom is 0.124 e. The van der Waals surface area contributed by atoms with E-state index in [2.05, 4.69) is 0 Å². The topological polar surface area (TPSA) is 58.7 Å². The lowest BCUT2D eigenvalue weighted by atomic mass is 9.99. The fourth-order valence-corrected chi connectivity index (χ4v) is 1.91. The number of aliphatic hydroxyl groups excluding tert-OH is 1. The average Bonchev–Trinajstić information content (AvgIpc) is 2.34. The zero-order valence-corrected chi connectivity index (χ0v) is 11.8. The monoisotopic (exact) mass is 272 g/mol. The maximum absolute atomic E-state index is 10.3. The molecule has 0 fully saturated rings. The number of ether oxygens (including phenoxy) is 1. The van der Waals surface area contributed by atoms with Gasteiger partial charge in [-0.2, -0.15) is 0 Å². The van der Waals surface area contributed by atoms with E-state index in [0.29, 0.717) is 22.8 Å². The van der Waals surface area contributed by atoms with Gasteiger partial charge < -0.3 is 20.5 Å². The van der Waals surface area contributed by atoms with Crippen molar-refractivity contribution in [2.75, 3.05) is 27.7 Å². The summed E-state index contributed by atoms with van der Waals surface area (Å²) in [7, 11) is 5.50. The van der Waals surface area contributed by atoms with Gasteiger partial charge in [0.25, 0.3) is 0 Å². The first-order valence-corrected chi connectivity index (χ1v) is 6.25. The molecule has 0 heterocycles. The fourth-order valence-electron chi connectivity index (χ4n) is 1.73. The Morgan fingerprint density at radius 3 is 2.67 bits per heavy atom. The highest BCUT2D eigenvalue weighted by Gasteiger charge is 2.20. The summed E-state index contributed by atoms with van der Waals surface area (Å²) >= 11 is 5.93. The molecule has 1 aromatic rings. The van der Waals surface area contributed by atoms with Crippen LogP contribution in [0.5, 0.6) is 5.75 Å². The summed E-state index contributed by atoms with van der Waals surface area (Å²) in [6.07, 6.45) is -0.0808. The quantitative estimate of drug-likeness (QED) is 0.827. The third kappa shape index (κ3) is 4.14. The molecule has 102 valence electrons. The molecule has 0 aromatic heterocycles. The van der Waals surface area contributed by atoms with E-state index in [4.69, 9.17) is 22.1 Å². The van der Waals surface area contributed by atoms with Gasteiger partial charge in [-0.3, -0.25) is 0 Å². The van der Waals surface area contributed by atoms with Gasteiger partial charge in [0, 0.05) is 16.6 Å². The molecule has 3 N–H and O–H groups in total. The third-order valence-corrected chi connectivity index (χ3v) is 3.06. The number of nitrogens with two attached hydrogens (primary N) is 1. The highest BCUT2D eigenvalue weighted by Crippen LogP contribution is 2.30. The predicted molar refractivity (Wildman–Crippen MR) is 74.1 cm³/mol. The van der Waals surface area contributed by atoms with Crippen LogP contribution in [0.15, 0.2) is 18.2 Å². The van der Waals surface area contributed by atoms with Gasteiger partial charge in [0.05, 0.1) is 13.2 Å². The van der Waals surface area contributed by atoms with Crippen molar-refractivity contribution in [1.82, 2.24) is 4.90 Å². The Hall–Kier alpha value is -0.810. The lowest BCUT2D eigenvalue weighted by molar-refractivity contribution is 0.134. The van der Waals surface area contributed by atoms with E-state index < -0.39 is 6.10 Å². The predicted octanol–water partition coefficient (Wildman–Crippen LogP) is 1.66. The number of halogens is 1. The number of hydrogen-bond acceptors (Lipinski definition) is 4. The molecule has 0 bridgehead atoms. The summed E-state index contributed by atoms with van der Waals surface area (Å²) in [6.45, 7) is 0.821. The summed E-state index contributed by atoms with van der Waals surface area (Å²) in [6, 6.07) is 4.81. The first-order chi connectivity index (χ1) is 8.45. The van der Waals surface area contributed by atoms with E-state index in [0.717, 1.165) is 6.54 Å². The summed E-state index contributed by atoms with van der Waals surface area (Å²) in [5, 5.41) is 10.8. The van der Waals surface area contributed by atoms with Crippen molar-refractivity contribution in [3.05, 3.63) is 28.8 Å². The minimum atomic E-state index is -0.779. The number of nitrogens with zero attached hydrogens (tertiary/aromatic N) is 1. The van der Waals surface area contributed by atoms with Crippen molar-refractivity contribution < 1.29 is 9.84 Å². The second-order valence-corrected chi connectivity index (χ2v) is 5.02. The van der Waals surface area contributed by atoms with E-state index in [1.807, 2.05) is 19.0 Å². The van der Waals surface area contributed by atoms with Crippen LogP contribution in [0.1, 0.15) is 18.1 Å². The fraction of sp³-hybridized carbons (Fsp3) is 0.538. The van der Waals surface area contributed by atoms with Crippen LogP contribution in [-0.4, -0.2) is 43.8 Å². The first-order valence-electron chi connectivity index (χ1n) is 5.87. The minimum absolute atomic E-state index is 0.347. The number of hydrogen-bond donors (Lipinski definition) is 2. The second kappa shape index (κ2) is 6.95. The lowest BCUT2D eigenvalue weighted by Gasteiger charge is -2.22. The first kappa shape index (κ1) is 15.2. The molecular weight excluding hydrogens is 252 g/mol. The third-order valence-electron chi connectivity index (χ3n) is 2.83. The van der Waals surface area contributed by atoms with Gasteiger partial charge in [0.1, 0.15) is 5.75 Å². The molecule has 0 saturated heterocycles. The van der Waals surface area contributed by atoms with Crippen LogP contribution in [0.25, 0.3) is 0 Å². The van der Waals surface area contributed by atoms with E-state index in [9.17, 15) is 5.11 Å². The Balaban J connectivity index is 2.81. The Labute approximate surface area is 113 Å². The molecule has 2 atom stereocenters. The number of aliphatic hydroxyl groups is 1. The maximum atomic E-state index is 10.3. The molecule has 0 aliphatic heterocycles. The Kier molecular flexibility index (Phi) is 5.88. The SMILES string of the molecule is COc1ccc(Cl)cc1C(O)C(N)CCN(C)C. The molecule has 0 aliphatic rings. The van der Waals surface area contributed by atoms with Gasteiger partial charge in [-0.05, 0) is 45.3 Å². The molecule has 0 aliphatic carbocycles. The van der Waals surface area contributed by atoms with Crippen molar-refractivity contribution in [3.63, 3.8) is 0 Å². The Morgan fingerprint density at radius 2 is 2.11 bits per heavy atom. The summed E-state index contributed by atoms with van der Waals surface area (Å²) in [5.74, 6) is 0.604. The lowest BCUT2D eigenvalue weighted by Crippen LogP contribution is -2.32. The van der Waals surface area contributed by atoms with Gasteiger partial charge in [-0.15, -0.1) is 0 Å². The molecular formula is C13H21ClN2O2. The van der Waals surface area contributed by atoms with E-state index in [-0.39, 0.29) is 6.04 Å². The number of methoxy groups -OCH3 is 1. The van der Waals surface area contributed by atoms with Crippen LogP contribution in [0.4, 0.5) is 0 Å².